The predicted molar refractivity (Wildman–Crippen MR) is 102 cm³/mol. The summed E-state index contributed by atoms with van der Waals surface area (Å²) >= 11 is 13.8. The molecule has 0 aromatic heterocycles. The first-order valence-corrected chi connectivity index (χ1v) is 9.94. The molecule has 0 amide bonds. The van der Waals surface area contributed by atoms with E-state index in [0.29, 0.717) is 5.69 Å². The van der Waals surface area contributed by atoms with E-state index in [4.69, 9.17) is 28.3 Å². The normalized spacial score (nSPS) is 11.3. The fourth-order valence-electron chi connectivity index (χ4n) is 1.98. The number of hydrogen-bond donors (Lipinski definition) is 1. The maximum absolute atomic E-state index is 12.9. The summed E-state index contributed by atoms with van der Waals surface area (Å²) in [5, 5.41) is 9.27. The van der Waals surface area contributed by atoms with E-state index in [9.17, 15) is 13.2 Å². The van der Waals surface area contributed by atoms with Crippen LogP contribution in [0.4, 0.5) is 5.69 Å². The molecule has 0 spiro atoms. The summed E-state index contributed by atoms with van der Waals surface area (Å²) in [6.07, 6.45) is -0.327. The van der Waals surface area contributed by atoms with Gasteiger partial charge in [-0.15, -0.1) is 0 Å². The van der Waals surface area contributed by atoms with Gasteiger partial charge in [-0.05, 0) is 59.0 Å². The van der Waals surface area contributed by atoms with E-state index in [0.717, 1.165) is 7.88 Å². The second-order valence-corrected chi connectivity index (χ2v) is 8.70. The molecule has 9 heteroatoms. The molecule has 0 aliphatic carbocycles. The highest BCUT2D eigenvalue weighted by Gasteiger charge is 2.26. The lowest BCUT2D eigenvalue weighted by Crippen LogP contribution is -2.33. The minimum Gasteiger partial charge on any atom is -0.481 e. The van der Waals surface area contributed by atoms with Crippen LogP contribution in [-0.4, -0.2) is 26.0 Å². The van der Waals surface area contributed by atoms with Gasteiger partial charge in [0, 0.05) is 10.1 Å². The SMILES string of the molecule is O=C(O)CCN(c1cccc(I)c1)S(=O)(=O)c1ccc(Cl)c(Cl)c1. The van der Waals surface area contributed by atoms with Crippen molar-refractivity contribution in [2.75, 3.05) is 10.8 Å². The van der Waals surface area contributed by atoms with Gasteiger partial charge in [0.25, 0.3) is 10.0 Å². The van der Waals surface area contributed by atoms with Gasteiger partial charge in [0.1, 0.15) is 0 Å². The van der Waals surface area contributed by atoms with Gasteiger partial charge >= 0.3 is 5.97 Å². The van der Waals surface area contributed by atoms with Crippen molar-refractivity contribution in [3.8, 4) is 0 Å². The van der Waals surface area contributed by atoms with Crippen molar-refractivity contribution in [1.82, 2.24) is 0 Å². The van der Waals surface area contributed by atoms with Crippen molar-refractivity contribution in [2.45, 2.75) is 11.3 Å². The highest BCUT2D eigenvalue weighted by molar-refractivity contribution is 14.1. The minimum atomic E-state index is -3.98. The monoisotopic (exact) mass is 499 g/mol. The van der Waals surface area contributed by atoms with Crippen LogP contribution in [0.3, 0.4) is 0 Å². The maximum atomic E-state index is 12.9. The van der Waals surface area contributed by atoms with Crippen LogP contribution in [0.25, 0.3) is 0 Å². The molecule has 5 nitrogen and oxygen atoms in total. The van der Waals surface area contributed by atoms with Crippen molar-refractivity contribution in [3.63, 3.8) is 0 Å². The number of carbonyl (C=O) groups is 1. The number of carboxylic acids is 1. The Morgan fingerprint density at radius 3 is 2.42 bits per heavy atom. The Kier molecular flexibility index (Phi) is 6.35. The standard InChI is InChI=1S/C15H12Cl2INO4S/c16-13-5-4-12(9-14(13)17)24(22,23)19(7-6-15(20)21)11-3-1-2-10(18)8-11/h1-5,8-9H,6-7H2,(H,20,21). The summed E-state index contributed by atoms with van der Waals surface area (Å²) in [6, 6.07) is 10.8. The first-order valence-electron chi connectivity index (χ1n) is 6.67. The third-order valence-electron chi connectivity index (χ3n) is 3.10. The molecule has 0 atom stereocenters. The smallest absolute Gasteiger partial charge is 0.305 e. The molecule has 0 aliphatic rings. The largest absolute Gasteiger partial charge is 0.481 e. The second kappa shape index (κ2) is 7.90. The Bertz CT molecular complexity index is 874. The molecule has 0 saturated heterocycles. The Balaban J connectivity index is 2.51. The fourth-order valence-corrected chi connectivity index (χ4v) is 4.35. The molecule has 0 aliphatic heterocycles. The van der Waals surface area contributed by atoms with Crippen LogP contribution in [0.15, 0.2) is 47.4 Å². The quantitative estimate of drug-likeness (QED) is 0.602. The highest BCUT2D eigenvalue weighted by atomic mass is 127. The number of anilines is 1. The average Bonchev–Trinajstić information content (AvgIpc) is 2.49. The van der Waals surface area contributed by atoms with Crippen molar-refractivity contribution >= 4 is 67.5 Å². The molecule has 128 valence electrons. The van der Waals surface area contributed by atoms with E-state index in [2.05, 4.69) is 22.6 Å². The minimum absolute atomic E-state index is 0.0545. The average molecular weight is 500 g/mol. The molecule has 0 heterocycles. The van der Waals surface area contributed by atoms with E-state index >= 15 is 0 Å². The molecule has 2 aromatic carbocycles. The molecular formula is C15H12Cl2INO4S. The third kappa shape index (κ3) is 4.53. The molecule has 24 heavy (non-hydrogen) atoms. The Hall–Kier alpha value is -1.03. The molecule has 0 bridgehead atoms. The van der Waals surface area contributed by atoms with Crippen molar-refractivity contribution < 1.29 is 18.3 Å². The first kappa shape index (κ1) is 19.3. The summed E-state index contributed by atoms with van der Waals surface area (Å²) in [4.78, 5) is 10.8. The number of rotatable bonds is 6. The number of benzene rings is 2. The molecule has 0 saturated carbocycles. The van der Waals surface area contributed by atoms with Gasteiger partial charge in [0.2, 0.25) is 0 Å². The zero-order valence-electron chi connectivity index (χ0n) is 12.1. The highest BCUT2D eigenvalue weighted by Crippen LogP contribution is 2.29. The summed E-state index contributed by atoms with van der Waals surface area (Å²) in [6.45, 7) is -0.196. The molecular weight excluding hydrogens is 488 g/mol. The first-order chi connectivity index (χ1) is 11.2. The van der Waals surface area contributed by atoms with Crippen LogP contribution < -0.4 is 4.31 Å². The van der Waals surface area contributed by atoms with Crippen LogP contribution in [0.1, 0.15) is 6.42 Å². The number of halogens is 3. The Morgan fingerprint density at radius 1 is 1.12 bits per heavy atom. The van der Waals surface area contributed by atoms with Gasteiger partial charge in [-0.25, -0.2) is 8.42 Å². The zero-order chi connectivity index (χ0) is 17.9. The number of hydrogen-bond acceptors (Lipinski definition) is 3. The van der Waals surface area contributed by atoms with Gasteiger partial charge in [-0.2, -0.15) is 0 Å². The summed E-state index contributed by atoms with van der Waals surface area (Å²) < 4.78 is 27.8. The van der Waals surface area contributed by atoms with Gasteiger partial charge in [-0.3, -0.25) is 9.10 Å². The lowest BCUT2D eigenvalue weighted by molar-refractivity contribution is -0.136. The van der Waals surface area contributed by atoms with Crippen LogP contribution in [-0.2, 0) is 14.8 Å². The van der Waals surface area contributed by atoms with Crippen LogP contribution in [0.5, 0.6) is 0 Å². The number of carboxylic acid groups (broad SMARTS) is 1. The van der Waals surface area contributed by atoms with Gasteiger partial charge in [-0.1, -0.05) is 29.3 Å². The van der Waals surface area contributed by atoms with E-state index in [1.807, 2.05) is 6.07 Å². The molecule has 0 fully saturated rings. The topological polar surface area (TPSA) is 74.7 Å². The molecule has 2 aromatic rings. The van der Waals surface area contributed by atoms with E-state index < -0.39 is 16.0 Å². The van der Waals surface area contributed by atoms with Crippen LogP contribution >= 0.6 is 45.8 Å². The van der Waals surface area contributed by atoms with Gasteiger partial charge < -0.3 is 5.11 Å². The summed E-state index contributed by atoms with van der Waals surface area (Å²) in [7, 11) is -3.98. The van der Waals surface area contributed by atoms with Gasteiger partial charge in [0.05, 0.1) is 27.0 Å². The zero-order valence-corrected chi connectivity index (χ0v) is 16.6. The second-order valence-electron chi connectivity index (χ2n) is 4.78. The van der Waals surface area contributed by atoms with E-state index in [1.54, 1.807) is 18.2 Å². The molecule has 0 radical (unpaired) electrons. The Labute approximate surface area is 163 Å². The molecule has 1 N–H and O–H groups in total. The Morgan fingerprint density at radius 2 is 1.83 bits per heavy atom. The van der Waals surface area contributed by atoms with Crippen molar-refractivity contribution in [3.05, 3.63) is 56.1 Å². The van der Waals surface area contributed by atoms with Crippen molar-refractivity contribution in [1.29, 1.82) is 0 Å². The summed E-state index contributed by atoms with van der Waals surface area (Å²) in [5.74, 6) is -1.09. The predicted octanol–water partition coefficient (Wildman–Crippen LogP) is 4.27. The maximum Gasteiger partial charge on any atom is 0.305 e. The van der Waals surface area contributed by atoms with Crippen LogP contribution in [0, 0.1) is 3.57 Å². The lowest BCUT2D eigenvalue weighted by atomic mass is 10.3. The van der Waals surface area contributed by atoms with E-state index in [-0.39, 0.29) is 27.9 Å². The van der Waals surface area contributed by atoms with Crippen molar-refractivity contribution in [2.24, 2.45) is 0 Å². The third-order valence-corrected chi connectivity index (χ3v) is 6.34. The van der Waals surface area contributed by atoms with Gasteiger partial charge in [0.15, 0.2) is 0 Å². The van der Waals surface area contributed by atoms with Crippen LogP contribution in [0.2, 0.25) is 10.0 Å². The lowest BCUT2D eigenvalue weighted by Gasteiger charge is -2.24. The molecule has 2 rings (SSSR count). The fraction of sp³-hybridized carbons (Fsp3) is 0.133. The number of aliphatic carboxylic acids is 1. The molecule has 0 unspecified atom stereocenters. The summed E-state index contributed by atoms with van der Waals surface area (Å²) in [5.41, 5.74) is 0.384. The number of sulfonamides is 1. The number of nitrogens with zero attached hydrogens (tertiary/aromatic N) is 1. The van der Waals surface area contributed by atoms with E-state index in [1.165, 1.54) is 18.2 Å².